The molecular weight excluding hydrogens is 356 g/mol. The SMILES string of the molecule is CN1CCN2c3c(cccc31)C1CN(CCc3cccc4cccnc34)CCC12. The molecule has 2 aromatic carbocycles. The molecule has 1 saturated heterocycles. The van der Waals surface area contributed by atoms with E-state index < -0.39 is 0 Å². The van der Waals surface area contributed by atoms with Gasteiger partial charge in [-0.15, -0.1) is 0 Å². The zero-order valence-corrected chi connectivity index (χ0v) is 17.1. The quantitative estimate of drug-likeness (QED) is 0.683. The van der Waals surface area contributed by atoms with Gasteiger partial charge in [-0.2, -0.15) is 0 Å². The van der Waals surface area contributed by atoms with Crippen LogP contribution in [0.2, 0.25) is 0 Å². The van der Waals surface area contributed by atoms with Crippen LogP contribution < -0.4 is 9.80 Å². The van der Waals surface area contributed by atoms with Gasteiger partial charge in [-0.25, -0.2) is 0 Å². The third-order valence-electron chi connectivity index (χ3n) is 7.29. The molecule has 2 atom stereocenters. The van der Waals surface area contributed by atoms with Crippen molar-refractivity contribution in [2.45, 2.75) is 24.8 Å². The van der Waals surface area contributed by atoms with Crippen molar-refractivity contribution in [2.24, 2.45) is 0 Å². The largest absolute Gasteiger partial charge is 0.371 e. The minimum atomic E-state index is 0.649. The fraction of sp³-hybridized carbons (Fsp3) is 0.400. The highest BCUT2D eigenvalue weighted by molar-refractivity contribution is 5.82. The minimum Gasteiger partial charge on any atom is -0.371 e. The molecule has 3 aromatic rings. The maximum atomic E-state index is 4.64. The van der Waals surface area contributed by atoms with E-state index in [4.69, 9.17) is 0 Å². The molecular formula is C25H28N4. The van der Waals surface area contributed by atoms with Gasteiger partial charge in [0.05, 0.1) is 16.9 Å². The average molecular weight is 385 g/mol. The summed E-state index contributed by atoms with van der Waals surface area (Å²) in [5, 5.41) is 1.25. The topological polar surface area (TPSA) is 22.6 Å². The zero-order chi connectivity index (χ0) is 19.4. The number of fused-ring (bicyclic) bond motifs is 4. The van der Waals surface area contributed by atoms with Gasteiger partial charge in [-0.3, -0.25) is 4.98 Å². The van der Waals surface area contributed by atoms with Gasteiger partial charge in [0, 0.05) is 63.3 Å². The number of para-hydroxylation sites is 2. The van der Waals surface area contributed by atoms with E-state index >= 15 is 0 Å². The second-order valence-electron chi connectivity index (χ2n) is 8.84. The van der Waals surface area contributed by atoms with Crippen molar-refractivity contribution in [1.82, 2.24) is 9.88 Å². The molecule has 0 bridgehead atoms. The standard InChI is InChI=1S/C25H28N4/c1-27-15-16-29-22-11-14-28(17-21(22)20-8-3-9-23(27)25(20)29)13-10-19-6-2-5-18-7-4-12-26-24(18)19/h2-9,12,21-22H,10-11,13-17H2,1H3. The lowest BCUT2D eigenvalue weighted by atomic mass is 9.89. The van der Waals surface area contributed by atoms with E-state index in [1.807, 2.05) is 12.3 Å². The van der Waals surface area contributed by atoms with Crippen LogP contribution in [0.4, 0.5) is 11.4 Å². The van der Waals surface area contributed by atoms with Gasteiger partial charge in [0.25, 0.3) is 0 Å². The predicted molar refractivity (Wildman–Crippen MR) is 120 cm³/mol. The van der Waals surface area contributed by atoms with E-state index in [0.717, 1.165) is 19.5 Å². The summed E-state index contributed by atoms with van der Waals surface area (Å²) in [4.78, 5) is 12.5. The molecule has 1 aromatic heterocycles. The normalized spacial score (nSPS) is 23.3. The fourth-order valence-corrected chi connectivity index (χ4v) is 5.83. The fourth-order valence-electron chi connectivity index (χ4n) is 5.83. The number of benzene rings is 2. The Labute approximate surface area is 172 Å². The second kappa shape index (κ2) is 6.74. The molecule has 3 aliphatic heterocycles. The van der Waals surface area contributed by atoms with Crippen LogP contribution in [0.5, 0.6) is 0 Å². The predicted octanol–water partition coefficient (Wildman–Crippen LogP) is 3.91. The summed E-state index contributed by atoms with van der Waals surface area (Å²) >= 11 is 0. The number of hydrogen-bond donors (Lipinski definition) is 0. The molecule has 4 nitrogen and oxygen atoms in total. The average Bonchev–Trinajstić information content (AvgIpc) is 3.09. The number of rotatable bonds is 3. The Morgan fingerprint density at radius 1 is 1.00 bits per heavy atom. The Morgan fingerprint density at radius 3 is 2.86 bits per heavy atom. The van der Waals surface area contributed by atoms with Gasteiger partial charge in [0.1, 0.15) is 0 Å². The van der Waals surface area contributed by atoms with Crippen LogP contribution >= 0.6 is 0 Å². The number of likely N-dealkylation sites (N-methyl/N-ethyl adjacent to an activating group) is 1. The van der Waals surface area contributed by atoms with Crippen LogP contribution in [0.15, 0.2) is 54.7 Å². The highest BCUT2D eigenvalue weighted by atomic mass is 15.3. The number of aromatic nitrogens is 1. The van der Waals surface area contributed by atoms with Crippen molar-refractivity contribution in [3.63, 3.8) is 0 Å². The van der Waals surface area contributed by atoms with E-state index in [1.54, 1.807) is 5.56 Å². The molecule has 0 spiro atoms. The summed E-state index contributed by atoms with van der Waals surface area (Å²) in [6.45, 7) is 5.81. The van der Waals surface area contributed by atoms with Crippen molar-refractivity contribution in [3.8, 4) is 0 Å². The lowest BCUT2D eigenvalue weighted by Crippen LogP contribution is -2.49. The molecule has 4 heterocycles. The molecule has 0 saturated carbocycles. The van der Waals surface area contributed by atoms with E-state index in [9.17, 15) is 0 Å². The van der Waals surface area contributed by atoms with Gasteiger partial charge in [-0.1, -0.05) is 36.4 Å². The Hall–Kier alpha value is -2.59. The third-order valence-corrected chi connectivity index (χ3v) is 7.29. The van der Waals surface area contributed by atoms with E-state index in [1.165, 1.54) is 53.9 Å². The maximum absolute atomic E-state index is 4.64. The molecule has 29 heavy (non-hydrogen) atoms. The number of nitrogens with zero attached hydrogens (tertiary/aromatic N) is 4. The van der Waals surface area contributed by atoms with Gasteiger partial charge in [-0.05, 0) is 36.1 Å². The Balaban J connectivity index is 1.23. The summed E-state index contributed by atoms with van der Waals surface area (Å²) in [5.41, 5.74) is 7.07. The number of likely N-dealkylation sites (tertiary alicyclic amines) is 1. The monoisotopic (exact) mass is 384 g/mol. The Morgan fingerprint density at radius 2 is 1.90 bits per heavy atom. The first-order valence-electron chi connectivity index (χ1n) is 11.0. The van der Waals surface area contributed by atoms with Crippen LogP contribution in [-0.2, 0) is 6.42 Å². The minimum absolute atomic E-state index is 0.649. The van der Waals surface area contributed by atoms with Gasteiger partial charge < -0.3 is 14.7 Å². The van der Waals surface area contributed by atoms with Crippen molar-refractivity contribution in [1.29, 1.82) is 0 Å². The van der Waals surface area contributed by atoms with E-state index in [2.05, 4.69) is 69.2 Å². The molecule has 0 N–H and O–H groups in total. The summed E-state index contributed by atoms with van der Waals surface area (Å²) in [7, 11) is 2.24. The highest BCUT2D eigenvalue weighted by Gasteiger charge is 2.44. The molecule has 6 rings (SSSR count). The number of hydrogen-bond acceptors (Lipinski definition) is 4. The van der Waals surface area contributed by atoms with E-state index in [0.29, 0.717) is 12.0 Å². The molecule has 0 amide bonds. The van der Waals surface area contributed by atoms with Crippen molar-refractivity contribution < 1.29 is 0 Å². The van der Waals surface area contributed by atoms with Crippen LogP contribution in [0.25, 0.3) is 10.9 Å². The number of piperidine rings is 1. The molecule has 1 fully saturated rings. The smallest absolute Gasteiger partial charge is 0.0734 e. The summed E-state index contributed by atoms with van der Waals surface area (Å²) in [5.74, 6) is 0.649. The lowest BCUT2D eigenvalue weighted by molar-refractivity contribution is 0.195. The van der Waals surface area contributed by atoms with Crippen LogP contribution in [0, 0.1) is 0 Å². The Kier molecular flexibility index (Phi) is 4.01. The van der Waals surface area contributed by atoms with Crippen molar-refractivity contribution in [3.05, 3.63) is 65.9 Å². The summed E-state index contributed by atoms with van der Waals surface area (Å²) < 4.78 is 0. The molecule has 0 radical (unpaired) electrons. The van der Waals surface area contributed by atoms with Crippen LogP contribution in [0.3, 0.4) is 0 Å². The first kappa shape index (κ1) is 17.3. The molecule has 3 aliphatic rings. The molecule has 4 heteroatoms. The number of pyridine rings is 1. The first-order valence-corrected chi connectivity index (χ1v) is 11.0. The lowest BCUT2D eigenvalue weighted by Gasteiger charge is -2.41. The van der Waals surface area contributed by atoms with Crippen LogP contribution in [0.1, 0.15) is 23.5 Å². The Bertz CT molecular complexity index is 1060. The van der Waals surface area contributed by atoms with Crippen molar-refractivity contribution >= 4 is 22.3 Å². The third kappa shape index (κ3) is 2.73. The highest BCUT2D eigenvalue weighted by Crippen LogP contribution is 2.50. The molecule has 0 aliphatic carbocycles. The van der Waals surface area contributed by atoms with E-state index in [-0.39, 0.29) is 0 Å². The van der Waals surface area contributed by atoms with Gasteiger partial charge >= 0.3 is 0 Å². The van der Waals surface area contributed by atoms with Crippen LogP contribution in [-0.4, -0.2) is 55.7 Å². The summed E-state index contributed by atoms with van der Waals surface area (Å²) in [6, 6.07) is 18.4. The molecule has 148 valence electrons. The zero-order valence-electron chi connectivity index (χ0n) is 17.1. The first-order chi connectivity index (χ1) is 14.3. The number of anilines is 2. The van der Waals surface area contributed by atoms with Gasteiger partial charge in [0.2, 0.25) is 0 Å². The maximum Gasteiger partial charge on any atom is 0.0734 e. The summed E-state index contributed by atoms with van der Waals surface area (Å²) in [6.07, 6.45) is 4.26. The second-order valence-corrected chi connectivity index (χ2v) is 8.84. The van der Waals surface area contributed by atoms with Crippen molar-refractivity contribution in [2.75, 3.05) is 49.6 Å². The molecule has 2 unspecified atom stereocenters. The van der Waals surface area contributed by atoms with Gasteiger partial charge in [0.15, 0.2) is 0 Å².